The summed E-state index contributed by atoms with van der Waals surface area (Å²) in [5.74, 6) is 1.38. The summed E-state index contributed by atoms with van der Waals surface area (Å²) in [6.07, 6.45) is 5.99. The first-order valence-electron chi connectivity index (χ1n) is 5.96. The van der Waals surface area contributed by atoms with Gasteiger partial charge in [-0.25, -0.2) is 4.98 Å². The predicted molar refractivity (Wildman–Crippen MR) is 67.8 cm³/mol. The van der Waals surface area contributed by atoms with E-state index in [0.29, 0.717) is 11.9 Å². The molecule has 18 heavy (non-hydrogen) atoms. The van der Waals surface area contributed by atoms with Crippen LogP contribution in [0.15, 0.2) is 24.5 Å². The van der Waals surface area contributed by atoms with E-state index in [1.165, 1.54) is 12.8 Å². The Kier molecular flexibility index (Phi) is 1.78. The summed E-state index contributed by atoms with van der Waals surface area (Å²) < 4.78 is 2.25. The van der Waals surface area contributed by atoms with Crippen molar-refractivity contribution in [3.8, 4) is 11.5 Å². The van der Waals surface area contributed by atoms with Crippen molar-refractivity contribution in [2.75, 3.05) is 5.73 Å². The normalized spacial score (nSPS) is 15.3. The smallest absolute Gasteiger partial charge is 0.159 e. The number of hydrogen-bond donors (Lipinski definition) is 2. The van der Waals surface area contributed by atoms with Crippen molar-refractivity contribution >= 4 is 16.9 Å². The van der Waals surface area contributed by atoms with E-state index in [4.69, 9.17) is 5.73 Å². The Labute approximate surface area is 103 Å². The summed E-state index contributed by atoms with van der Waals surface area (Å²) >= 11 is 0. The lowest BCUT2D eigenvalue weighted by atomic mass is 10.3. The van der Waals surface area contributed by atoms with E-state index in [9.17, 15) is 0 Å². The average molecular weight is 240 g/mol. The monoisotopic (exact) mass is 240 g/mol. The van der Waals surface area contributed by atoms with Gasteiger partial charge in [0.25, 0.3) is 0 Å². The number of nitrogens with zero attached hydrogens (tertiary/aromatic N) is 4. The number of rotatable bonds is 2. The van der Waals surface area contributed by atoms with Gasteiger partial charge in [-0.15, -0.1) is 0 Å². The standard InChI is InChI=1S/C12H12N6/c13-11-5-8(16-17-11)12-15-9-6-14-4-3-10(9)18(12)7-1-2-7/h3-7H,1-2H2,(H3,13,16,17). The molecule has 0 aromatic carbocycles. The molecule has 3 aromatic rings. The molecule has 4 rings (SSSR count). The van der Waals surface area contributed by atoms with Crippen LogP contribution in [0.2, 0.25) is 0 Å². The molecule has 0 unspecified atom stereocenters. The molecule has 1 aliphatic carbocycles. The zero-order valence-electron chi connectivity index (χ0n) is 9.67. The first kappa shape index (κ1) is 9.64. The van der Waals surface area contributed by atoms with Gasteiger partial charge in [0.2, 0.25) is 0 Å². The second-order valence-electron chi connectivity index (χ2n) is 4.61. The Balaban J connectivity index is 2.01. The van der Waals surface area contributed by atoms with Gasteiger partial charge in [-0.3, -0.25) is 10.1 Å². The Morgan fingerprint density at radius 3 is 3.00 bits per heavy atom. The number of fused-ring (bicyclic) bond motifs is 1. The first-order chi connectivity index (χ1) is 8.83. The van der Waals surface area contributed by atoms with Crippen molar-refractivity contribution in [2.24, 2.45) is 0 Å². The number of aromatic nitrogens is 5. The van der Waals surface area contributed by atoms with Gasteiger partial charge in [0.05, 0.1) is 11.7 Å². The van der Waals surface area contributed by atoms with Crippen molar-refractivity contribution in [3.05, 3.63) is 24.5 Å². The average Bonchev–Trinajstić information content (AvgIpc) is 3.00. The molecule has 0 bridgehead atoms. The van der Waals surface area contributed by atoms with E-state index >= 15 is 0 Å². The van der Waals surface area contributed by atoms with E-state index < -0.39 is 0 Å². The van der Waals surface area contributed by atoms with Gasteiger partial charge in [0, 0.05) is 18.3 Å². The van der Waals surface area contributed by atoms with Crippen LogP contribution < -0.4 is 5.73 Å². The number of hydrogen-bond acceptors (Lipinski definition) is 4. The first-order valence-corrected chi connectivity index (χ1v) is 5.96. The molecule has 0 spiro atoms. The number of nitrogens with one attached hydrogen (secondary N) is 1. The molecule has 1 fully saturated rings. The van der Waals surface area contributed by atoms with E-state index in [1.54, 1.807) is 12.4 Å². The largest absolute Gasteiger partial charge is 0.382 e. The quantitative estimate of drug-likeness (QED) is 0.714. The molecule has 1 saturated carbocycles. The molecule has 0 radical (unpaired) electrons. The zero-order valence-corrected chi connectivity index (χ0v) is 9.67. The van der Waals surface area contributed by atoms with Gasteiger partial charge in [-0.2, -0.15) is 5.10 Å². The number of imidazole rings is 1. The molecule has 0 atom stereocenters. The van der Waals surface area contributed by atoms with Gasteiger partial charge in [0.15, 0.2) is 5.82 Å². The molecular weight excluding hydrogens is 228 g/mol. The van der Waals surface area contributed by atoms with Crippen LogP contribution in [-0.4, -0.2) is 24.7 Å². The fourth-order valence-electron chi connectivity index (χ4n) is 2.29. The molecule has 6 heteroatoms. The highest BCUT2D eigenvalue weighted by Crippen LogP contribution is 2.40. The third kappa shape index (κ3) is 1.32. The lowest BCUT2D eigenvalue weighted by molar-refractivity contribution is 0.771. The second kappa shape index (κ2) is 3.32. The second-order valence-corrected chi connectivity index (χ2v) is 4.61. The van der Waals surface area contributed by atoms with Crippen LogP contribution in [-0.2, 0) is 0 Å². The van der Waals surface area contributed by atoms with Crippen molar-refractivity contribution in [1.29, 1.82) is 0 Å². The lowest BCUT2D eigenvalue weighted by Crippen LogP contribution is -1.97. The van der Waals surface area contributed by atoms with Crippen molar-refractivity contribution in [1.82, 2.24) is 24.7 Å². The molecule has 0 amide bonds. The van der Waals surface area contributed by atoms with Crippen LogP contribution in [0.5, 0.6) is 0 Å². The minimum absolute atomic E-state index is 0.484. The van der Waals surface area contributed by atoms with Crippen LogP contribution in [0.4, 0.5) is 5.82 Å². The molecule has 3 heterocycles. The van der Waals surface area contributed by atoms with Crippen molar-refractivity contribution < 1.29 is 0 Å². The zero-order chi connectivity index (χ0) is 12.1. The minimum Gasteiger partial charge on any atom is -0.382 e. The van der Waals surface area contributed by atoms with Crippen LogP contribution in [0.3, 0.4) is 0 Å². The van der Waals surface area contributed by atoms with Gasteiger partial charge in [-0.1, -0.05) is 0 Å². The third-order valence-corrected chi connectivity index (χ3v) is 3.24. The molecule has 0 saturated heterocycles. The van der Waals surface area contributed by atoms with Crippen molar-refractivity contribution in [3.63, 3.8) is 0 Å². The fraction of sp³-hybridized carbons (Fsp3) is 0.250. The van der Waals surface area contributed by atoms with Crippen molar-refractivity contribution in [2.45, 2.75) is 18.9 Å². The van der Waals surface area contributed by atoms with Crippen LogP contribution >= 0.6 is 0 Å². The maximum atomic E-state index is 5.66. The summed E-state index contributed by atoms with van der Waals surface area (Å²) in [4.78, 5) is 8.75. The van der Waals surface area contributed by atoms with E-state index in [2.05, 4.69) is 24.7 Å². The fourth-order valence-corrected chi connectivity index (χ4v) is 2.29. The van der Waals surface area contributed by atoms with Crippen LogP contribution in [0, 0.1) is 0 Å². The number of nitrogen functional groups attached to an aromatic ring is 1. The third-order valence-electron chi connectivity index (χ3n) is 3.24. The maximum Gasteiger partial charge on any atom is 0.159 e. The summed E-state index contributed by atoms with van der Waals surface area (Å²) in [5, 5.41) is 6.89. The Bertz CT molecular complexity index is 721. The van der Waals surface area contributed by atoms with E-state index in [-0.39, 0.29) is 0 Å². The molecule has 0 aliphatic heterocycles. The van der Waals surface area contributed by atoms with Gasteiger partial charge < -0.3 is 10.3 Å². The Hall–Kier alpha value is -2.37. The van der Waals surface area contributed by atoms with Crippen LogP contribution in [0.1, 0.15) is 18.9 Å². The van der Waals surface area contributed by atoms with E-state index in [1.807, 2.05) is 12.1 Å². The summed E-state index contributed by atoms with van der Waals surface area (Å²) in [7, 11) is 0. The highest BCUT2D eigenvalue weighted by molar-refractivity contribution is 5.79. The minimum atomic E-state index is 0.484. The van der Waals surface area contributed by atoms with E-state index in [0.717, 1.165) is 22.6 Å². The number of nitrogens with two attached hydrogens (primary N) is 1. The lowest BCUT2D eigenvalue weighted by Gasteiger charge is -2.05. The summed E-state index contributed by atoms with van der Waals surface area (Å²) in [6, 6.07) is 4.36. The Morgan fingerprint density at radius 2 is 2.28 bits per heavy atom. The maximum absolute atomic E-state index is 5.66. The number of H-pyrrole nitrogens is 1. The highest BCUT2D eigenvalue weighted by Gasteiger charge is 2.29. The number of aromatic amines is 1. The predicted octanol–water partition coefficient (Wildman–Crippen LogP) is 1.74. The van der Waals surface area contributed by atoms with Gasteiger partial charge >= 0.3 is 0 Å². The molecule has 90 valence electrons. The van der Waals surface area contributed by atoms with Gasteiger partial charge in [0.1, 0.15) is 17.0 Å². The molecule has 1 aliphatic rings. The number of anilines is 1. The topological polar surface area (TPSA) is 85.4 Å². The number of pyridine rings is 1. The molecule has 3 aromatic heterocycles. The van der Waals surface area contributed by atoms with Gasteiger partial charge in [-0.05, 0) is 18.9 Å². The summed E-state index contributed by atoms with van der Waals surface area (Å²) in [5.41, 5.74) is 8.55. The highest BCUT2D eigenvalue weighted by atomic mass is 15.2. The summed E-state index contributed by atoms with van der Waals surface area (Å²) in [6.45, 7) is 0. The Morgan fingerprint density at radius 1 is 1.39 bits per heavy atom. The van der Waals surface area contributed by atoms with Crippen LogP contribution in [0.25, 0.3) is 22.6 Å². The molecule has 3 N–H and O–H groups in total. The molecular formula is C12H12N6. The SMILES string of the molecule is Nc1cc(-c2nc3cnccc3n2C2CC2)[nH]n1. The molecule has 6 nitrogen and oxygen atoms in total.